The summed E-state index contributed by atoms with van der Waals surface area (Å²) in [6, 6.07) is 9.12. The van der Waals surface area contributed by atoms with Gasteiger partial charge in [-0.05, 0) is 12.8 Å². The smallest absolute Gasteiger partial charge is 0.178 e. The van der Waals surface area contributed by atoms with Crippen LogP contribution in [0.4, 0.5) is 0 Å². The van der Waals surface area contributed by atoms with Gasteiger partial charge >= 0.3 is 0 Å². The van der Waals surface area contributed by atoms with Crippen LogP contribution in [0, 0.1) is 0 Å². The van der Waals surface area contributed by atoms with Gasteiger partial charge in [-0.2, -0.15) is 0 Å². The number of carbonyl (C=O) groups is 1. The maximum atomic E-state index is 12.1. The lowest BCUT2D eigenvalue weighted by Gasteiger charge is -2.12. The Bertz CT molecular complexity index is 359. The molecular weight excluding hydrogens is 220 g/mol. The molecule has 1 aromatic carbocycles. The molecule has 0 N–H and O–H groups in total. The van der Waals surface area contributed by atoms with Crippen molar-refractivity contribution in [2.45, 2.75) is 31.9 Å². The van der Waals surface area contributed by atoms with Crippen molar-refractivity contribution in [1.29, 1.82) is 0 Å². The molecule has 0 aliphatic heterocycles. The fourth-order valence-corrected chi connectivity index (χ4v) is 3.06. The van der Waals surface area contributed by atoms with Crippen molar-refractivity contribution >= 4 is 16.6 Å². The summed E-state index contributed by atoms with van der Waals surface area (Å²) in [6.45, 7) is 3.90. The number of benzene rings is 1. The van der Waals surface area contributed by atoms with E-state index in [-0.39, 0.29) is 11.0 Å². The molecule has 1 aromatic rings. The summed E-state index contributed by atoms with van der Waals surface area (Å²) in [7, 11) is -1.04. The number of hydrogen-bond donors (Lipinski definition) is 0. The third-order valence-electron chi connectivity index (χ3n) is 2.44. The van der Waals surface area contributed by atoms with E-state index in [2.05, 4.69) is 0 Å². The Morgan fingerprint density at radius 1 is 1.25 bits per heavy atom. The van der Waals surface area contributed by atoms with E-state index in [4.69, 9.17) is 0 Å². The predicted octanol–water partition coefficient (Wildman–Crippen LogP) is 2.81. The van der Waals surface area contributed by atoms with E-state index in [0.29, 0.717) is 17.7 Å². The SMILES string of the molecule is CCCS(=O)C(CC)C(=O)c1ccccc1. The highest BCUT2D eigenvalue weighted by atomic mass is 32.2. The Labute approximate surface area is 99.5 Å². The Morgan fingerprint density at radius 3 is 2.38 bits per heavy atom. The monoisotopic (exact) mass is 238 g/mol. The van der Waals surface area contributed by atoms with Crippen molar-refractivity contribution in [1.82, 2.24) is 0 Å². The second kappa shape index (κ2) is 6.59. The standard InChI is InChI=1S/C13H18O2S/c1-3-10-16(15)12(4-2)13(14)11-8-6-5-7-9-11/h5-9,12H,3-4,10H2,1-2H3. The van der Waals surface area contributed by atoms with Crippen LogP contribution in [0.15, 0.2) is 30.3 Å². The highest BCUT2D eigenvalue weighted by Gasteiger charge is 2.23. The van der Waals surface area contributed by atoms with Crippen molar-refractivity contribution in [3.05, 3.63) is 35.9 Å². The molecule has 0 amide bonds. The van der Waals surface area contributed by atoms with E-state index in [1.54, 1.807) is 12.1 Å². The van der Waals surface area contributed by atoms with Gasteiger partial charge in [0.1, 0.15) is 0 Å². The highest BCUT2D eigenvalue weighted by Crippen LogP contribution is 2.12. The molecule has 3 heteroatoms. The molecule has 0 aliphatic carbocycles. The minimum atomic E-state index is -1.04. The van der Waals surface area contributed by atoms with Crippen molar-refractivity contribution in [2.24, 2.45) is 0 Å². The summed E-state index contributed by atoms with van der Waals surface area (Å²) in [6.07, 6.45) is 1.49. The first-order chi connectivity index (χ1) is 7.70. The van der Waals surface area contributed by atoms with Crippen LogP contribution in [-0.4, -0.2) is 21.0 Å². The van der Waals surface area contributed by atoms with Gasteiger partial charge in [-0.1, -0.05) is 44.2 Å². The molecule has 0 fully saturated rings. The molecule has 0 heterocycles. The fraction of sp³-hybridized carbons (Fsp3) is 0.462. The molecule has 0 saturated heterocycles. The lowest BCUT2D eigenvalue weighted by Crippen LogP contribution is -2.26. The summed E-state index contributed by atoms with van der Waals surface area (Å²) in [5.74, 6) is 0.617. The number of ketones is 1. The number of carbonyl (C=O) groups excluding carboxylic acids is 1. The second-order valence-corrected chi connectivity index (χ2v) is 5.45. The third-order valence-corrected chi connectivity index (χ3v) is 4.44. The van der Waals surface area contributed by atoms with Gasteiger partial charge in [0.2, 0.25) is 0 Å². The number of Topliss-reactive ketones (excluding diaryl/α,β-unsaturated/α-hetero) is 1. The Morgan fingerprint density at radius 2 is 1.88 bits per heavy atom. The van der Waals surface area contributed by atoms with Crippen molar-refractivity contribution in [3.8, 4) is 0 Å². The quantitative estimate of drug-likeness (QED) is 0.714. The lowest BCUT2D eigenvalue weighted by molar-refractivity contribution is 0.0986. The molecule has 1 rings (SSSR count). The van der Waals surface area contributed by atoms with E-state index in [1.807, 2.05) is 32.0 Å². The molecule has 0 bridgehead atoms. The maximum absolute atomic E-state index is 12.1. The first-order valence-electron chi connectivity index (χ1n) is 5.67. The summed E-state index contributed by atoms with van der Waals surface area (Å²) in [5.41, 5.74) is 0.666. The average Bonchev–Trinajstić information content (AvgIpc) is 2.31. The van der Waals surface area contributed by atoms with E-state index in [0.717, 1.165) is 6.42 Å². The van der Waals surface area contributed by atoms with Gasteiger partial charge < -0.3 is 0 Å². The number of hydrogen-bond acceptors (Lipinski definition) is 2. The largest absolute Gasteiger partial charge is 0.293 e. The molecule has 2 unspecified atom stereocenters. The summed E-state index contributed by atoms with van der Waals surface area (Å²) in [4.78, 5) is 12.1. The topological polar surface area (TPSA) is 34.1 Å². The second-order valence-electron chi connectivity index (χ2n) is 3.71. The van der Waals surface area contributed by atoms with Crippen LogP contribution in [0.2, 0.25) is 0 Å². The zero-order valence-electron chi connectivity index (χ0n) is 9.81. The average molecular weight is 238 g/mol. The number of rotatable bonds is 6. The van der Waals surface area contributed by atoms with Crippen LogP contribution in [-0.2, 0) is 10.8 Å². The normalized spacial score (nSPS) is 14.4. The zero-order chi connectivity index (χ0) is 12.0. The Hall–Kier alpha value is -0.960. The molecule has 16 heavy (non-hydrogen) atoms. The van der Waals surface area contributed by atoms with Crippen LogP contribution < -0.4 is 0 Å². The van der Waals surface area contributed by atoms with Crippen LogP contribution in [0.25, 0.3) is 0 Å². The molecule has 0 radical (unpaired) electrons. The zero-order valence-corrected chi connectivity index (χ0v) is 10.6. The van der Waals surface area contributed by atoms with Crippen molar-refractivity contribution in [3.63, 3.8) is 0 Å². The molecule has 2 atom stereocenters. The maximum Gasteiger partial charge on any atom is 0.178 e. The molecule has 0 aliphatic rings. The van der Waals surface area contributed by atoms with E-state index in [1.165, 1.54) is 0 Å². The first-order valence-corrected chi connectivity index (χ1v) is 7.05. The highest BCUT2D eigenvalue weighted by molar-refractivity contribution is 7.86. The fourth-order valence-electron chi connectivity index (χ4n) is 1.62. The van der Waals surface area contributed by atoms with Gasteiger partial charge in [0, 0.05) is 22.1 Å². The summed E-state index contributed by atoms with van der Waals surface area (Å²) >= 11 is 0. The molecule has 0 aromatic heterocycles. The molecule has 88 valence electrons. The Balaban J connectivity index is 2.82. The first kappa shape index (κ1) is 13.1. The van der Waals surface area contributed by atoms with Gasteiger partial charge in [0.15, 0.2) is 5.78 Å². The molecule has 2 nitrogen and oxygen atoms in total. The van der Waals surface area contributed by atoms with Crippen molar-refractivity contribution < 1.29 is 9.00 Å². The van der Waals surface area contributed by atoms with E-state index < -0.39 is 10.8 Å². The van der Waals surface area contributed by atoms with Gasteiger partial charge in [0.25, 0.3) is 0 Å². The molecule has 0 spiro atoms. The van der Waals surface area contributed by atoms with E-state index in [9.17, 15) is 9.00 Å². The minimum Gasteiger partial charge on any atom is -0.293 e. The van der Waals surface area contributed by atoms with Crippen LogP contribution in [0.1, 0.15) is 37.0 Å². The summed E-state index contributed by atoms with van der Waals surface area (Å²) in [5, 5.41) is -0.345. The Kier molecular flexibility index (Phi) is 5.39. The molecular formula is C13H18O2S. The van der Waals surface area contributed by atoms with E-state index >= 15 is 0 Å². The molecule has 0 saturated carbocycles. The van der Waals surface area contributed by atoms with Crippen LogP contribution >= 0.6 is 0 Å². The predicted molar refractivity (Wildman–Crippen MR) is 68.2 cm³/mol. The third kappa shape index (κ3) is 3.27. The summed E-state index contributed by atoms with van der Waals surface area (Å²) < 4.78 is 11.9. The minimum absolute atomic E-state index is 0.00915. The van der Waals surface area contributed by atoms with Crippen LogP contribution in [0.5, 0.6) is 0 Å². The van der Waals surface area contributed by atoms with Crippen LogP contribution in [0.3, 0.4) is 0 Å². The lowest BCUT2D eigenvalue weighted by atomic mass is 10.1. The van der Waals surface area contributed by atoms with Crippen molar-refractivity contribution in [2.75, 3.05) is 5.75 Å². The van der Waals surface area contributed by atoms with Gasteiger partial charge in [0.05, 0.1) is 5.25 Å². The van der Waals surface area contributed by atoms with Gasteiger partial charge in [-0.3, -0.25) is 9.00 Å². The van der Waals surface area contributed by atoms with Gasteiger partial charge in [-0.25, -0.2) is 0 Å². The van der Waals surface area contributed by atoms with Gasteiger partial charge in [-0.15, -0.1) is 0 Å².